The van der Waals surface area contributed by atoms with E-state index in [1.807, 2.05) is 0 Å². The van der Waals surface area contributed by atoms with Gasteiger partial charge in [-0.15, -0.1) is 0 Å². The van der Waals surface area contributed by atoms with Gasteiger partial charge in [0.25, 0.3) is 5.91 Å². The van der Waals surface area contributed by atoms with Crippen LogP contribution in [0.25, 0.3) is 0 Å². The Hall–Kier alpha value is -1.80. The smallest absolute Gasteiger partial charge is 0.325 e. The van der Waals surface area contributed by atoms with Crippen LogP contribution in [-0.4, -0.2) is 37.2 Å². The molecule has 0 aliphatic heterocycles. The summed E-state index contributed by atoms with van der Waals surface area (Å²) in [4.78, 5) is 22.4. The van der Waals surface area contributed by atoms with Crippen LogP contribution in [0, 0.1) is 0 Å². The van der Waals surface area contributed by atoms with Crippen molar-refractivity contribution in [2.24, 2.45) is 0 Å². The molecule has 4 N–H and O–H groups in total. The Bertz CT molecular complexity index is 687. The van der Waals surface area contributed by atoms with Gasteiger partial charge < -0.3 is 16.2 Å². The normalized spacial score (nSPS) is 12.7. The van der Waals surface area contributed by atoms with E-state index in [0.29, 0.717) is 0 Å². The molecule has 1 aromatic rings. The van der Waals surface area contributed by atoms with Crippen molar-refractivity contribution >= 4 is 39.0 Å². The van der Waals surface area contributed by atoms with Crippen molar-refractivity contribution in [2.45, 2.75) is 24.8 Å². The molecule has 7 nitrogen and oxygen atoms in total. The van der Waals surface area contributed by atoms with Gasteiger partial charge in [-0.25, -0.2) is 8.42 Å². The van der Waals surface area contributed by atoms with Gasteiger partial charge in [0.1, 0.15) is 6.04 Å². The van der Waals surface area contributed by atoms with Gasteiger partial charge in [-0.3, -0.25) is 9.59 Å². The number of hydrogen-bond acceptors (Lipinski definition) is 5. The number of benzene rings is 1. The maximum atomic E-state index is 11.9. The predicted octanol–water partition coefficient (Wildman–Crippen LogP) is 0.919. The highest BCUT2D eigenvalue weighted by Gasteiger charge is 2.22. The van der Waals surface area contributed by atoms with Crippen molar-refractivity contribution in [3.8, 4) is 0 Å². The van der Waals surface area contributed by atoms with Crippen LogP contribution in [0.5, 0.6) is 0 Å². The number of carboxylic acid groups (broad SMARTS) is 1. The van der Waals surface area contributed by atoms with E-state index in [1.54, 1.807) is 0 Å². The lowest BCUT2D eigenvalue weighted by atomic mass is 10.1. The second-order valence-corrected chi connectivity index (χ2v) is 6.96. The Morgan fingerprint density at radius 2 is 2.00 bits per heavy atom. The lowest BCUT2D eigenvalue weighted by molar-refractivity contribution is -0.138. The Balaban J connectivity index is 3.21. The van der Waals surface area contributed by atoms with Gasteiger partial charge >= 0.3 is 5.97 Å². The zero-order chi connectivity index (χ0) is 16.4. The average Bonchev–Trinajstić information content (AvgIpc) is 2.40. The molecule has 0 fully saturated rings. The molecule has 9 heteroatoms. The molecule has 0 saturated heterocycles. The maximum absolute atomic E-state index is 11.9. The summed E-state index contributed by atoms with van der Waals surface area (Å²) in [5, 5.41) is 10.8. The van der Waals surface area contributed by atoms with E-state index in [-0.39, 0.29) is 26.9 Å². The molecule has 0 aliphatic rings. The molecule has 0 spiro atoms. The van der Waals surface area contributed by atoms with Gasteiger partial charge in [-0.2, -0.15) is 0 Å². The number of anilines is 1. The highest BCUT2D eigenvalue weighted by Crippen LogP contribution is 2.28. The summed E-state index contributed by atoms with van der Waals surface area (Å²) in [6.45, 7) is 2.74. The molecule has 0 radical (unpaired) electrons. The van der Waals surface area contributed by atoms with Crippen molar-refractivity contribution in [3.63, 3.8) is 0 Å². The van der Waals surface area contributed by atoms with Crippen molar-refractivity contribution in [3.05, 3.63) is 22.7 Å². The number of hydrogen-bond donors (Lipinski definition) is 3. The molecular weight excluding hydrogens is 320 g/mol. The minimum atomic E-state index is -3.57. The van der Waals surface area contributed by atoms with Crippen molar-refractivity contribution in [1.29, 1.82) is 0 Å². The van der Waals surface area contributed by atoms with Crippen LogP contribution < -0.4 is 11.1 Å². The van der Waals surface area contributed by atoms with Crippen molar-refractivity contribution in [2.75, 3.05) is 11.5 Å². The lowest BCUT2D eigenvalue weighted by Crippen LogP contribution is -2.38. The van der Waals surface area contributed by atoms with E-state index in [0.717, 1.165) is 12.1 Å². The molecule has 0 aliphatic carbocycles. The third-order valence-corrected chi connectivity index (χ3v) is 4.97. The molecule has 116 valence electrons. The third kappa shape index (κ3) is 3.85. The van der Waals surface area contributed by atoms with Crippen LogP contribution in [0.15, 0.2) is 17.0 Å². The van der Waals surface area contributed by atoms with E-state index in [2.05, 4.69) is 5.32 Å². The van der Waals surface area contributed by atoms with Crippen molar-refractivity contribution < 1.29 is 23.1 Å². The number of carboxylic acids is 1. The fourth-order valence-electron chi connectivity index (χ4n) is 1.50. The quantitative estimate of drug-likeness (QED) is 0.687. The second kappa shape index (κ2) is 6.31. The fraction of sp³-hybridized carbons (Fsp3) is 0.333. The van der Waals surface area contributed by atoms with Crippen LogP contribution in [0.2, 0.25) is 5.02 Å². The monoisotopic (exact) mass is 334 g/mol. The standard InChI is InChI=1S/C12H15ClN2O5S/c1-3-21(19,20)10-5-9(14)7(4-8(10)13)11(16)15-6(2)12(17)18/h4-6H,3,14H2,1-2H3,(H,15,16)(H,17,18)/t6-/m0/s1. The van der Waals surface area contributed by atoms with E-state index < -0.39 is 27.8 Å². The number of rotatable bonds is 5. The summed E-state index contributed by atoms with van der Waals surface area (Å²) >= 11 is 5.88. The summed E-state index contributed by atoms with van der Waals surface area (Å²) < 4.78 is 23.6. The first-order valence-corrected chi connectivity index (χ1v) is 7.98. The van der Waals surface area contributed by atoms with Gasteiger partial charge in [-0.05, 0) is 19.1 Å². The number of nitrogen functional groups attached to an aromatic ring is 1. The third-order valence-electron chi connectivity index (χ3n) is 2.78. The molecule has 1 atom stereocenters. The molecule has 21 heavy (non-hydrogen) atoms. The molecule has 1 amide bonds. The van der Waals surface area contributed by atoms with Crippen LogP contribution in [0.4, 0.5) is 5.69 Å². The minimum Gasteiger partial charge on any atom is -0.480 e. The van der Waals surface area contributed by atoms with Gasteiger partial charge in [0.05, 0.1) is 21.2 Å². The molecule has 0 saturated carbocycles. The number of nitrogens with one attached hydrogen (secondary N) is 1. The summed E-state index contributed by atoms with van der Waals surface area (Å²) in [5.41, 5.74) is 5.49. The molecule has 0 heterocycles. The van der Waals surface area contributed by atoms with Crippen LogP contribution >= 0.6 is 11.6 Å². The largest absolute Gasteiger partial charge is 0.480 e. The number of halogens is 1. The van der Waals surface area contributed by atoms with Gasteiger partial charge in [0, 0.05) is 5.69 Å². The number of carbonyl (C=O) groups is 2. The first-order chi connectivity index (χ1) is 9.60. The summed E-state index contributed by atoms with van der Waals surface area (Å²) in [7, 11) is -3.57. The summed E-state index contributed by atoms with van der Waals surface area (Å²) in [6.07, 6.45) is 0. The number of nitrogens with two attached hydrogens (primary N) is 1. The number of sulfone groups is 1. The Kier molecular flexibility index (Phi) is 5.19. The van der Waals surface area contributed by atoms with Gasteiger partial charge in [-0.1, -0.05) is 18.5 Å². The van der Waals surface area contributed by atoms with Gasteiger partial charge in [0.15, 0.2) is 9.84 Å². The molecule has 1 rings (SSSR count). The Labute approximate surface area is 127 Å². The number of carbonyl (C=O) groups excluding carboxylic acids is 1. The Morgan fingerprint density at radius 3 is 2.48 bits per heavy atom. The number of aliphatic carboxylic acids is 1. The topological polar surface area (TPSA) is 127 Å². The Morgan fingerprint density at radius 1 is 1.43 bits per heavy atom. The average molecular weight is 335 g/mol. The van der Waals surface area contributed by atoms with E-state index >= 15 is 0 Å². The van der Waals surface area contributed by atoms with E-state index in [4.69, 9.17) is 22.4 Å². The lowest BCUT2D eigenvalue weighted by Gasteiger charge is -2.13. The first-order valence-electron chi connectivity index (χ1n) is 5.95. The zero-order valence-electron chi connectivity index (χ0n) is 11.4. The second-order valence-electron chi connectivity index (χ2n) is 4.31. The highest BCUT2D eigenvalue weighted by atomic mass is 35.5. The van der Waals surface area contributed by atoms with Crippen LogP contribution in [-0.2, 0) is 14.6 Å². The zero-order valence-corrected chi connectivity index (χ0v) is 13.0. The summed E-state index contributed by atoms with van der Waals surface area (Å²) in [5.74, 6) is -2.11. The van der Waals surface area contributed by atoms with Crippen LogP contribution in [0.3, 0.4) is 0 Å². The predicted molar refractivity (Wildman–Crippen MR) is 78.2 cm³/mol. The fourth-order valence-corrected chi connectivity index (χ4v) is 2.99. The van der Waals surface area contributed by atoms with Crippen molar-refractivity contribution in [1.82, 2.24) is 5.32 Å². The minimum absolute atomic E-state index is 0.0804. The highest BCUT2D eigenvalue weighted by molar-refractivity contribution is 7.91. The summed E-state index contributed by atoms with van der Waals surface area (Å²) in [6, 6.07) is 1.10. The molecule has 0 bridgehead atoms. The molecule has 1 aromatic carbocycles. The van der Waals surface area contributed by atoms with E-state index in [1.165, 1.54) is 13.8 Å². The molecule has 0 aromatic heterocycles. The van der Waals surface area contributed by atoms with E-state index in [9.17, 15) is 18.0 Å². The van der Waals surface area contributed by atoms with Crippen LogP contribution in [0.1, 0.15) is 24.2 Å². The first kappa shape index (κ1) is 17.3. The number of amides is 1. The maximum Gasteiger partial charge on any atom is 0.325 e. The molecule has 0 unspecified atom stereocenters. The molecular formula is C12H15ClN2O5S. The van der Waals surface area contributed by atoms with Gasteiger partial charge in [0.2, 0.25) is 0 Å². The SMILES string of the molecule is CCS(=O)(=O)c1cc(N)c(C(=O)N[C@@H](C)C(=O)O)cc1Cl.